The summed E-state index contributed by atoms with van der Waals surface area (Å²) < 4.78 is 0. The van der Waals surface area contributed by atoms with Crippen LogP contribution in [0.25, 0.3) is 0 Å². The van der Waals surface area contributed by atoms with Gasteiger partial charge in [0.1, 0.15) is 18.1 Å². The van der Waals surface area contributed by atoms with Crippen molar-refractivity contribution in [2.75, 3.05) is 24.5 Å². The van der Waals surface area contributed by atoms with Gasteiger partial charge in [-0.2, -0.15) is 0 Å². The van der Waals surface area contributed by atoms with E-state index in [-0.39, 0.29) is 36.6 Å². The molecule has 53 heavy (non-hydrogen) atoms. The van der Waals surface area contributed by atoms with Crippen LogP contribution in [0.5, 0.6) is 0 Å². The third kappa shape index (κ3) is 10.8. The van der Waals surface area contributed by atoms with Crippen LogP contribution >= 0.6 is 0 Å². The molecule has 1 saturated heterocycles. The predicted octanol–water partition coefficient (Wildman–Crippen LogP) is 3.74. The molecule has 3 aromatic carbocycles. The Morgan fingerprint density at radius 1 is 0.755 bits per heavy atom. The van der Waals surface area contributed by atoms with E-state index in [4.69, 9.17) is 0 Å². The zero-order chi connectivity index (χ0) is 37.9. The highest BCUT2D eigenvalue weighted by Crippen LogP contribution is 2.23. The van der Waals surface area contributed by atoms with E-state index in [2.05, 4.69) is 21.3 Å². The first kappa shape index (κ1) is 38.7. The number of benzene rings is 3. The first-order chi connectivity index (χ1) is 25.5. The number of anilines is 1. The van der Waals surface area contributed by atoms with Gasteiger partial charge in [-0.15, -0.1) is 0 Å². The maximum Gasteiger partial charge on any atom is 0.254 e. The Kier molecular flexibility index (Phi) is 13.4. The summed E-state index contributed by atoms with van der Waals surface area (Å²) in [6, 6.07) is 20.5. The molecule has 3 aromatic rings. The number of nitrogens with zero attached hydrogens (tertiary/aromatic N) is 2. The molecule has 4 N–H and O–H groups in total. The fourth-order valence-corrected chi connectivity index (χ4v) is 6.57. The van der Waals surface area contributed by atoms with Gasteiger partial charge in [-0.1, -0.05) is 56.3 Å². The summed E-state index contributed by atoms with van der Waals surface area (Å²) in [4.78, 5) is 83.3. The fraction of sp³-hybridized carbons (Fsp3) is 0.415. The van der Waals surface area contributed by atoms with Crippen molar-refractivity contribution in [1.29, 1.82) is 0 Å². The van der Waals surface area contributed by atoms with Crippen LogP contribution in [0.4, 0.5) is 5.69 Å². The van der Waals surface area contributed by atoms with Gasteiger partial charge in [-0.05, 0) is 86.1 Å². The van der Waals surface area contributed by atoms with Gasteiger partial charge in [0.15, 0.2) is 0 Å². The van der Waals surface area contributed by atoms with Gasteiger partial charge in [0.05, 0.1) is 0 Å². The second-order valence-corrected chi connectivity index (χ2v) is 14.3. The highest BCUT2D eigenvalue weighted by molar-refractivity contribution is 5.99. The van der Waals surface area contributed by atoms with Gasteiger partial charge in [0.2, 0.25) is 23.6 Å². The lowest BCUT2D eigenvalue weighted by atomic mass is 10.0. The molecule has 3 aliphatic rings. The summed E-state index contributed by atoms with van der Waals surface area (Å²) in [5.74, 6) is -1.89. The maximum atomic E-state index is 13.9. The fourth-order valence-electron chi connectivity index (χ4n) is 6.57. The van der Waals surface area contributed by atoms with Crippen molar-refractivity contribution in [3.8, 4) is 0 Å². The SMILES string of the molecule is CC(C)C[C@@H]1NC(=O)[C@@H](Cc2ccccc2)NC(=O)c2ccc(cc2)CN(C(=O)c2ccc(N3CCCC3=O)cc2)CCCCNC(=O)[C@@H](C)NC1=O. The van der Waals surface area contributed by atoms with E-state index < -0.39 is 35.8 Å². The Morgan fingerprint density at radius 2 is 1.45 bits per heavy atom. The van der Waals surface area contributed by atoms with E-state index in [0.29, 0.717) is 56.4 Å². The maximum absolute atomic E-state index is 13.9. The van der Waals surface area contributed by atoms with Crippen LogP contribution < -0.4 is 26.2 Å². The van der Waals surface area contributed by atoms with Crippen LogP contribution in [0.2, 0.25) is 0 Å². The number of rotatable bonds is 6. The Bertz CT molecular complexity index is 1760. The minimum atomic E-state index is -0.995. The van der Waals surface area contributed by atoms with Crippen molar-refractivity contribution >= 4 is 41.1 Å². The molecule has 0 spiro atoms. The summed E-state index contributed by atoms with van der Waals surface area (Å²) in [7, 11) is 0. The lowest BCUT2D eigenvalue weighted by Gasteiger charge is -2.25. The third-order valence-corrected chi connectivity index (χ3v) is 9.53. The highest BCUT2D eigenvalue weighted by Gasteiger charge is 2.30. The Labute approximate surface area is 311 Å². The van der Waals surface area contributed by atoms with Crippen molar-refractivity contribution in [2.45, 2.75) is 84.0 Å². The van der Waals surface area contributed by atoms with Crippen molar-refractivity contribution in [3.05, 3.63) is 101 Å². The van der Waals surface area contributed by atoms with Crippen molar-refractivity contribution in [1.82, 2.24) is 26.2 Å². The highest BCUT2D eigenvalue weighted by atomic mass is 16.2. The minimum Gasteiger partial charge on any atom is -0.354 e. The first-order valence-electron chi connectivity index (χ1n) is 18.5. The molecule has 0 saturated carbocycles. The Morgan fingerprint density at radius 3 is 2.11 bits per heavy atom. The molecule has 3 atom stereocenters. The van der Waals surface area contributed by atoms with Crippen molar-refractivity contribution < 1.29 is 28.8 Å². The molecule has 12 nitrogen and oxygen atoms in total. The molecule has 0 radical (unpaired) electrons. The molecule has 12 heteroatoms. The molecule has 3 heterocycles. The van der Waals surface area contributed by atoms with Crippen molar-refractivity contribution in [3.63, 3.8) is 0 Å². The summed E-state index contributed by atoms with van der Waals surface area (Å²) in [6.45, 7) is 7.14. The second kappa shape index (κ2) is 18.3. The first-order valence-corrected chi connectivity index (χ1v) is 18.5. The summed E-state index contributed by atoms with van der Waals surface area (Å²) in [5, 5.41) is 11.3. The van der Waals surface area contributed by atoms with Gasteiger partial charge in [0, 0.05) is 55.8 Å². The zero-order valence-electron chi connectivity index (χ0n) is 30.7. The molecule has 2 bridgehead atoms. The quantitative estimate of drug-likeness (QED) is 0.284. The average molecular weight is 723 g/mol. The van der Waals surface area contributed by atoms with Crippen LogP contribution in [0, 0.1) is 5.92 Å². The molecule has 1 fully saturated rings. The lowest BCUT2D eigenvalue weighted by Crippen LogP contribution is -2.57. The number of amides is 6. The van der Waals surface area contributed by atoms with Crippen molar-refractivity contribution in [2.24, 2.45) is 5.92 Å². The molecule has 0 aliphatic carbocycles. The van der Waals surface area contributed by atoms with Gasteiger partial charge in [-0.25, -0.2) is 0 Å². The molecular weight excluding hydrogens is 672 g/mol. The van der Waals surface area contributed by atoms with Crippen LogP contribution in [-0.4, -0.2) is 78.1 Å². The van der Waals surface area contributed by atoms with E-state index in [1.807, 2.05) is 44.2 Å². The number of carbonyl (C=O) groups is 6. The van der Waals surface area contributed by atoms with Gasteiger partial charge in [-0.3, -0.25) is 28.8 Å². The molecule has 6 rings (SSSR count). The number of fused-ring (bicyclic) bond motifs is 18. The monoisotopic (exact) mass is 722 g/mol. The van der Waals surface area contributed by atoms with Crippen LogP contribution in [0.15, 0.2) is 78.9 Å². The van der Waals surface area contributed by atoms with E-state index in [9.17, 15) is 28.8 Å². The summed E-state index contributed by atoms with van der Waals surface area (Å²) in [6.07, 6.45) is 3.03. The molecule has 280 valence electrons. The number of hydrogen-bond donors (Lipinski definition) is 4. The van der Waals surface area contributed by atoms with Gasteiger partial charge >= 0.3 is 0 Å². The Hall–Kier alpha value is -5.52. The summed E-state index contributed by atoms with van der Waals surface area (Å²) in [5.41, 5.74) is 3.22. The predicted molar refractivity (Wildman–Crippen MR) is 202 cm³/mol. The molecule has 0 unspecified atom stereocenters. The smallest absolute Gasteiger partial charge is 0.254 e. The largest absolute Gasteiger partial charge is 0.354 e. The minimum absolute atomic E-state index is 0.0525. The second-order valence-electron chi connectivity index (χ2n) is 14.3. The standard InChI is InChI=1S/C41H50N6O6/c1-27(2)24-34-39(51)43-28(3)37(49)42-21-7-8-22-46(41(53)32-17-19-33(20-18-32)47-23-9-12-36(47)48)26-30-13-15-31(16-14-30)38(50)44-35(40(52)45-34)25-29-10-5-4-6-11-29/h4-6,10-11,13-20,27-28,34-35H,7-9,12,21-26H2,1-3H3,(H,42,49)(H,43,51)(H,44,50)(H,45,52)/t28-,34+,35-/m1/s1. The average Bonchev–Trinajstić information content (AvgIpc) is 3.58. The third-order valence-electron chi connectivity index (χ3n) is 9.53. The van der Waals surface area contributed by atoms with Crippen LogP contribution in [0.3, 0.4) is 0 Å². The normalized spacial score (nSPS) is 21.1. The van der Waals surface area contributed by atoms with E-state index >= 15 is 0 Å². The van der Waals surface area contributed by atoms with Gasteiger partial charge < -0.3 is 31.1 Å². The number of hydrogen-bond acceptors (Lipinski definition) is 6. The lowest BCUT2D eigenvalue weighted by molar-refractivity contribution is -0.132. The van der Waals surface area contributed by atoms with Gasteiger partial charge in [0.25, 0.3) is 11.8 Å². The Balaban J connectivity index is 1.39. The molecular formula is C41H50N6O6. The van der Waals surface area contributed by atoms with E-state index in [1.165, 1.54) is 0 Å². The topological polar surface area (TPSA) is 157 Å². The summed E-state index contributed by atoms with van der Waals surface area (Å²) >= 11 is 0. The molecule has 0 aromatic heterocycles. The van der Waals surface area contributed by atoms with Crippen LogP contribution in [-0.2, 0) is 32.1 Å². The molecule has 3 aliphatic heterocycles. The van der Waals surface area contributed by atoms with Crippen LogP contribution in [0.1, 0.15) is 84.7 Å². The molecule has 6 amide bonds. The number of nitrogens with one attached hydrogen (secondary N) is 4. The zero-order valence-corrected chi connectivity index (χ0v) is 30.7. The van der Waals surface area contributed by atoms with E-state index in [1.54, 1.807) is 65.3 Å². The number of carbonyl (C=O) groups excluding carboxylic acids is 6. The van der Waals surface area contributed by atoms with E-state index in [0.717, 1.165) is 23.2 Å².